The highest BCUT2D eigenvalue weighted by molar-refractivity contribution is 8.15. The van der Waals surface area contributed by atoms with Crippen molar-refractivity contribution in [1.29, 1.82) is 0 Å². The summed E-state index contributed by atoms with van der Waals surface area (Å²) >= 11 is 1.06. The Labute approximate surface area is 141 Å². The van der Waals surface area contributed by atoms with Crippen LogP contribution < -0.4 is 5.32 Å². The second kappa shape index (κ2) is 7.14. The van der Waals surface area contributed by atoms with Crippen LogP contribution in [0.25, 0.3) is 11.3 Å². The van der Waals surface area contributed by atoms with E-state index in [-0.39, 0.29) is 12.3 Å². The standard InChI is InChI=1S/C16H13N3O4S/c20-14(21)8-13-15(22)18-16(24-13)19-17-9-10-3-1-4-11(7-10)12-5-2-6-23-12/h1-7,9,13H,8H2,(H,20,21)(H,18,19,22). The van der Waals surface area contributed by atoms with E-state index in [1.54, 1.807) is 12.5 Å². The minimum atomic E-state index is -1.03. The molecular weight excluding hydrogens is 330 g/mol. The molecule has 1 aliphatic heterocycles. The van der Waals surface area contributed by atoms with Gasteiger partial charge in [0, 0.05) is 5.56 Å². The van der Waals surface area contributed by atoms with E-state index in [9.17, 15) is 9.59 Å². The molecule has 1 atom stereocenters. The normalized spacial score (nSPS) is 19.1. The van der Waals surface area contributed by atoms with Crippen molar-refractivity contribution in [3.8, 4) is 11.3 Å². The van der Waals surface area contributed by atoms with Crippen LogP contribution in [0.15, 0.2) is 57.3 Å². The molecule has 0 bridgehead atoms. The fourth-order valence-corrected chi connectivity index (χ4v) is 3.02. The highest BCUT2D eigenvalue weighted by Crippen LogP contribution is 2.22. The molecule has 1 unspecified atom stereocenters. The lowest BCUT2D eigenvalue weighted by Gasteiger charge is -1.98. The number of amides is 1. The quantitative estimate of drug-likeness (QED) is 0.640. The van der Waals surface area contributed by atoms with Gasteiger partial charge < -0.3 is 14.8 Å². The Hall–Kier alpha value is -2.87. The summed E-state index contributed by atoms with van der Waals surface area (Å²) in [5.74, 6) is -0.634. The molecule has 1 fully saturated rings. The predicted octanol–water partition coefficient (Wildman–Crippen LogP) is 2.34. The summed E-state index contributed by atoms with van der Waals surface area (Å²) in [6.07, 6.45) is 2.91. The van der Waals surface area contributed by atoms with E-state index in [1.807, 2.05) is 36.4 Å². The Morgan fingerprint density at radius 1 is 1.38 bits per heavy atom. The van der Waals surface area contributed by atoms with Gasteiger partial charge in [0.1, 0.15) is 11.0 Å². The number of benzene rings is 1. The molecule has 24 heavy (non-hydrogen) atoms. The first-order valence-electron chi connectivity index (χ1n) is 7.06. The Bertz CT molecular complexity index is 814. The molecule has 0 saturated carbocycles. The van der Waals surface area contributed by atoms with Gasteiger partial charge in [-0.25, -0.2) is 0 Å². The van der Waals surface area contributed by atoms with Crippen molar-refractivity contribution in [3.63, 3.8) is 0 Å². The largest absolute Gasteiger partial charge is 0.481 e. The Balaban J connectivity index is 1.67. The van der Waals surface area contributed by atoms with E-state index >= 15 is 0 Å². The van der Waals surface area contributed by atoms with Crippen molar-refractivity contribution < 1.29 is 19.1 Å². The number of hydrogen-bond acceptors (Lipinski definition) is 6. The van der Waals surface area contributed by atoms with Crippen LogP contribution in [0.4, 0.5) is 0 Å². The number of furan rings is 1. The highest BCUT2D eigenvalue weighted by atomic mass is 32.2. The monoisotopic (exact) mass is 343 g/mol. The minimum Gasteiger partial charge on any atom is -0.481 e. The number of carboxylic acid groups (broad SMARTS) is 1. The summed E-state index contributed by atoms with van der Waals surface area (Å²) in [7, 11) is 0. The van der Waals surface area contributed by atoms with E-state index in [1.165, 1.54) is 0 Å². The fourth-order valence-electron chi connectivity index (χ4n) is 2.11. The van der Waals surface area contributed by atoms with Gasteiger partial charge in [0.05, 0.1) is 18.9 Å². The van der Waals surface area contributed by atoms with E-state index in [4.69, 9.17) is 9.52 Å². The molecule has 1 aliphatic rings. The van der Waals surface area contributed by atoms with Crippen LogP contribution in [-0.2, 0) is 9.59 Å². The molecule has 1 saturated heterocycles. The number of carboxylic acids is 1. The van der Waals surface area contributed by atoms with Crippen LogP contribution in [0.2, 0.25) is 0 Å². The SMILES string of the molecule is O=C(O)CC1SC(=NN=Cc2cccc(-c3ccco3)c2)NC1=O. The molecule has 1 amide bonds. The van der Waals surface area contributed by atoms with E-state index in [2.05, 4.69) is 15.5 Å². The lowest BCUT2D eigenvalue weighted by Crippen LogP contribution is -2.26. The summed E-state index contributed by atoms with van der Waals surface area (Å²) in [6, 6.07) is 11.2. The number of amidine groups is 1. The van der Waals surface area contributed by atoms with E-state index in [0.29, 0.717) is 5.17 Å². The molecule has 1 aromatic carbocycles. The maximum Gasteiger partial charge on any atom is 0.305 e. The zero-order chi connectivity index (χ0) is 16.9. The third-order valence-corrected chi connectivity index (χ3v) is 4.26. The molecule has 0 spiro atoms. The maximum absolute atomic E-state index is 11.6. The summed E-state index contributed by atoms with van der Waals surface area (Å²) in [5, 5.41) is 18.7. The van der Waals surface area contributed by atoms with Crippen molar-refractivity contribution in [3.05, 3.63) is 48.2 Å². The van der Waals surface area contributed by atoms with Crippen LogP contribution in [0, 0.1) is 0 Å². The van der Waals surface area contributed by atoms with Gasteiger partial charge in [-0.1, -0.05) is 30.0 Å². The summed E-state index contributed by atoms with van der Waals surface area (Å²) in [6.45, 7) is 0. The average molecular weight is 343 g/mol. The number of carbonyl (C=O) groups excluding carboxylic acids is 1. The highest BCUT2D eigenvalue weighted by Gasteiger charge is 2.32. The number of aliphatic carboxylic acids is 1. The fraction of sp³-hybridized carbons (Fsp3) is 0.125. The maximum atomic E-state index is 11.6. The van der Waals surface area contributed by atoms with Gasteiger partial charge in [0.2, 0.25) is 5.91 Å². The summed E-state index contributed by atoms with van der Waals surface area (Å²) in [5.41, 5.74) is 1.74. The topological polar surface area (TPSA) is 104 Å². The molecule has 2 aromatic rings. The Morgan fingerprint density at radius 2 is 2.25 bits per heavy atom. The zero-order valence-electron chi connectivity index (χ0n) is 12.4. The molecule has 0 radical (unpaired) electrons. The van der Waals surface area contributed by atoms with Crippen LogP contribution in [0.1, 0.15) is 12.0 Å². The van der Waals surface area contributed by atoms with Gasteiger partial charge in [0.15, 0.2) is 5.17 Å². The number of hydrogen-bond donors (Lipinski definition) is 2. The lowest BCUT2D eigenvalue weighted by atomic mass is 10.1. The average Bonchev–Trinajstić information content (AvgIpc) is 3.18. The van der Waals surface area contributed by atoms with E-state index in [0.717, 1.165) is 28.6 Å². The van der Waals surface area contributed by atoms with Gasteiger partial charge in [-0.05, 0) is 23.8 Å². The van der Waals surface area contributed by atoms with Crippen molar-refractivity contribution in [2.45, 2.75) is 11.7 Å². The number of carbonyl (C=O) groups is 2. The molecular formula is C16H13N3O4S. The molecule has 2 heterocycles. The Morgan fingerprint density at radius 3 is 3.00 bits per heavy atom. The molecule has 122 valence electrons. The van der Waals surface area contributed by atoms with Crippen molar-refractivity contribution in [1.82, 2.24) is 5.32 Å². The van der Waals surface area contributed by atoms with E-state index < -0.39 is 11.2 Å². The minimum absolute atomic E-state index is 0.246. The van der Waals surface area contributed by atoms with Crippen LogP contribution in [0.5, 0.6) is 0 Å². The molecule has 1 aromatic heterocycles. The second-order valence-electron chi connectivity index (χ2n) is 4.95. The van der Waals surface area contributed by atoms with Crippen LogP contribution in [0.3, 0.4) is 0 Å². The second-order valence-corrected chi connectivity index (χ2v) is 6.14. The van der Waals surface area contributed by atoms with Gasteiger partial charge in [-0.15, -0.1) is 5.10 Å². The van der Waals surface area contributed by atoms with Crippen molar-refractivity contribution in [2.75, 3.05) is 0 Å². The number of nitrogens with zero attached hydrogens (tertiary/aromatic N) is 2. The number of nitrogens with one attached hydrogen (secondary N) is 1. The van der Waals surface area contributed by atoms with Crippen LogP contribution >= 0.6 is 11.8 Å². The number of rotatable bonds is 5. The molecule has 3 rings (SSSR count). The van der Waals surface area contributed by atoms with Crippen molar-refractivity contribution >= 4 is 35.0 Å². The zero-order valence-corrected chi connectivity index (χ0v) is 13.2. The van der Waals surface area contributed by atoms with Gasteiger partial charge >= 0.3 is 5.97 Å². The van der Waals surface area contributed by atoms with Gasteiger partial charge in [-0.3, -0.25) is 9.59 Å². The smallest absolute Gasteiger partial charge is 0.305 e. The van der Waals surface area contributed by atoms with Gasteiger partial charge in [-0.2, -0.15) is 5.10 Å². The first-order valence-corrected chi connectivity index (χ1v) is 7.94. The molecule has 2 N–H and O–H groups in total. The Kier molecular flexibility index (Phi) is 4.76. The lowest BCUT2D eigenvalue weighted by molar-refractivity contribution is -0.138. The molecule has 7 nitrogen and oxygen atoms in total. The van der Waals surface area contributed by atoms with Crippen molar-refractivity contribution in [2.24, 2.45) is 10.2 Å². The molecule has 0 aliphatic carbocycles. The third-order valence-electron chi connectivity index (χ3n) is 3.18. The third kappa shape index (κ3) is 3.90. The summed E-state index contributed by atoms with van der Waals surface area (Å²) in [4.78, 5) is 22.3. The first-order chi connectivity index (χ1) is 11.6. The predicted molar refractivity (Wildman–Crippen MR) is 90.9 cm³/mol. The molecule has 8 heteroatoms. The summed E-state index contributed by atoms with van der Waals surface area (Å²) < 4.78 is 5.34. The first kappa shape index (κ1) is 16.0. The number of thioether (sulfide) groups is 1. The van der Waals surface area contributed by atoms with Crippen LogP contribution in [-0.4, -0.2) is 33.6 Å². The van der Waals surface area contributed by atoms with Gasteiger partial charge in [0.25, 0.3) is 0 Å².